The number of anilines is 1. The van der Waals surface area contributed by atoms with Crippen LogP contribution >= 0.6 is 11.3 Å². The Hall–Kier alpha value is -2.66. The van der Waals surface area contributed by atoms with Crippen LogP contribution in [0.4, 0.5) is 5.13 Å². The van der Waals surface area contributed by atoms with Crippen LogP contribution < -0.4 is 10.0 Å². The molecular formula is C18H20N4O4S2. The zero-order valence-electron chi connectivity index (χ0n) is 15.3. The Morgan fingerprint density at radius 3 is 2.39 bits per heavy atom. The van der Waals surface area contributed by atoms with Crippen molar-refractivity contribution >= 4 is 32.4 Å². The number of aryl methyl sites for hydroxylation is 1. The minimum atomic E-state index is -3.85. The molecule has 1 aromatic carbocycles. The van der Waals surface area contributed by atoms with Crippen molar-refractivity contribution in [3.8, 4) is 11.3 Å². The maximum absolute atomic E-state index is 12.5. The fraction of sp³-hybridized carbons (Fsp3) is 0.167. The SMILES string of the molecule is Cc1nc(N(C)C(=O)Cc2ccc(-c3ccccn3)cc2)sc1S(N)(=O)=O.O. The van der Waals surface area contributed by atoms with Crippen molar-refractivity contribution in [2.24, 2.45) is 5.14 Å². The summed E-state index contributed by atoms with van der Waals surface area (Å²) in [4.78, 5) is 22.3. The summed E-state index contributed by atoms with van der Waals surface area (Å²) in [5, 5.41) is 5.46. The van der Waals surface area contributed by atoms with Crippen molar-refractivity contribution in [2.45, 2.75) is 17.6 Å². The van der Waals surface area contributed by atoms with Crippen LogP contribution in [-0.4, -0.2) is 36.8 Å². The Morgan fingerprint density at radius 1 is 1.18 bits per heavy atom. The number of primary sulfonamides is 1. The number of aromatic nitrogens is 2. The summed E-state index contributed by atoms with van der Waals surface area (Å²) < 4.78 is 23.0. The monoisotopic (exact) mass is 420 g/mol. The predicted molar refractivity (Wildman–Crippen MR) is 109 cm³/mol. The molecule has 0 aliphatic rings. The van der Waals surface area contributed by atoms with Crippen LogP contribution in [0.3, 0.4) is 0 Å². The van der Waals surface area contributed by atoms with E-state index in [9.17, 15) is 13.2 Å². The van der Waals surface area contributed by atoms with E-state index >= 15 is 0 Å². The van der Waals surface area contributed by atoms with Crippen molar-refractivity contribution in [3.63, 3.8) is 0 Å². The lowest BCUT2D eigenvalue weighted by Gasteiger charge is -2.13. The largest absolute Gasteiger partial charge is 0.412 e. The molecule has 2 heterocycles. The van der Waals surface area contributed by atoms with Crippen molar-refractivity contribution in [1.29, 1.82) is 0 Å². The van der Waals surface area contributed by atoms with Gasteiger partial charge >= 0.3 is 0 Å². The minimum absolute atomic E-state index is 0. The molecule has 0 atom stereocenters. The Balaban J connectivity index is 0.00000280. The van der Waals surface area contributed by atoms with Crippen molar-refractivity contribution in [1.82, 2.24) is 9.97 Å². The minimum Gasteiger partial charge on any atom is -0.412 e. The molecule has 8 nitrogen and oxygen atoms in total. The molecule has 4 N–H and O–H groups in total. The van der Waals surface area contributed by atoms with Gasteiger partial charge in [0.2, 0.25) is 15.9 Å². The normalized spacial score (nSPS) is 11.0. The number of amides is 1. The van der Waals surface area contributed by atoms with E-state index < -0.39 is 10.0 Å². The number of carbonyl (C=O) groups excluding carboxylic acids is 1. The second-order valence-corrected chi connectivity index (χ2v) is 8.69. The molecule has 3 aromatic rings. The van der Waals surface area contributed by atoms with Gasteiger partial charge < -0.3 is 5.48 Å². The molecule has 0 aliphatic heterocycles. The third-order valence-electron chi connectivity index (χ3n) is 3.93. The fourth-order valence-corrected chi connectivity index (χ4v) is 4.43. The lowest BCUT2D eigenvalue weighted by Crippen LogP contribution is -2.27. The summed E-state index contributed by atoms with van der Waals surface area (Å²) in [6.07, 6.45) is 1.90. The van der Waals surface area contributed by atoms with Gasteiger partial charge in [-0.1, -0.05) is 41.7 Å². The van der Waals surface area contributed by atoms with Gasteiger partial charge in [0.25, 0.3) is 0 Å². The number of rotatable bonds is 5. The molecular weight excluding hydrogens is 400 g/mol. The van der Waals surface area contributed by atoms with E-state index in [1.165, 1.54) is 4.90 Å². The molecule has 2 aromatic heterocycles. The topological polar surface area (TPSA) is 138 Å². The summed E-state index contributed by atoms with van der Waals surface area (Å²) in [5.74, 6) is -0.199. The summed E-state index contributed by atoms with van der Waals surface area (Å²) in [6, 6.07) is 13.3. The summed E-state index contributed by atoms with van der Waals surface area (Å²) >= 11 is 0.886. The number of pyridine rings is 1. The first-order chi connectivity index (χ1) is 12.8. The Labute approximate surface area is 167 Å². The van der Waals surface area contributed by atoms with Crippen LogP contribution in [0.5, 0.6) is 0 Å². The second kappa shape index (κ2) is 8.57. The van der Waals surface area contributed by atoms with Gasteiger partial charge in [-0.25, -0.2) is 18.5 Å². The van der Waals surface area contributed by atoms with Gasteiger partial charge in [-0.3, -0.25) is 14.7 Å². The van der Waals surface area contributed by atoms with E-state index in [0.717, 1.165) is 28.2 Å². The number of likely N-dealkylation sites (N-methyl/N-ethyl adjacent to an activating group) is 1. The molecule has 0 bridgehead atoms. The van der Waals surface area contributed by atoms with Crippen molar-refractivity contribution in [3.05, 3.63) is 59.9 Å². The van der Waals surface area contributed by atoms with E-state index in [1.54, 1.807) is 20.2 Å². The van der Waals surface area contributed by atoms with Gasteiger partial charge in [-0.2, -0.15) is 0 Å². The number of carbonyl (C=O) groups is 1. The molecule has 10 heteroatoms. The van der Waals surface area contributed by atoms with Crippen LogP contribution in [-0.2, 0) is 21.2 Å². The first-order valence-electron chi connectivity index (χ1n) is 8.03. The van der Waals surface area contributed by atoms with Crippen LogP contribution in [0.1, 0.15) is 11.3 Å². The quantitative estimate of drug-likeness (QED) is 0.667. The highest BCUT2D eigenvalue weighted by atomic mass is 32.2. The van der Waals surface area contributed by atoms with E-state index in [-0.39, 0.29) is 27.7 Å². The molecule has 0 unspecified atom stereocenters. The third kappa shape index (κ3) is 4.78. The number of thiazole rings is 1. The van der Waals surface area contributed by atoms with E-state index in [2.05, 4.69) is 9.97 Å². The number of nitrogens with two attached hydrogens (primary N) is 1. The highest BCUT2D eigenvalue weighted by Crippen LogP contribution is 2.28. The molecule has 0 fully saturated rings. The molecule has 1 amide bonds. The molecule has 0 spiro atoms. The highest BCUT2D eigenvalue weighted by molar-refractivity contribution is 7.91. The third-order valence-corrected chi connectivity index (χ3v) is 6.72. The molecule has 148 valence electrons. The van der Waals surface area contributed by atoms with Gasteiger partial charge in [-0.05, 0) is 24.6 Å². The number of sulfonamides is 1. The maximum Gasteiger partial charge on any atom is 0.249 e. The van der Waals surface area contributed by atoms with Gasteiger partial charge in [0, 0.05) is 18.8 Å². The van der Waals surface area contributed by atoms with Crippen LogP contribution in [0.2, 0.25) is 0 Å². The fourth-order valence-electron chi connectivity index (χ4n) is 2.50. The average Bonchev–Trinajstić information content (AvgIpc) is 3.04. The van der Waals surface area contributed by atoms with E-state index in [1.807, 2.05) is 42.5 Å². The molecule has 28 heavy (non-hydrogen) atoms. The average molecular weight is 421 g/mol. The molecule has 0 saturated carbocycles. The predicted octanol–water partition coefficient (Wildman–Crippen LogP) is 1.54. The molecule has 0 radical (unpaired) electrons. The number of nitrogens with zero attached hydrogens (tertiary/aromatic N) is 3. The number of hydrogen-bond acceptors (Lipinski definition) is 6. The van der Waals surface area contributed by atoms with Crippen molar-refractivity contribution in [2.75, 3.05) is 11.9 Å². The Morgan fingerprint density at radius 2 is 1.86 bits per heavy atom. The molecule has 3 rings (SSSR count). The molecule has 0 aliphatic carbocycles. The number of benzene rings is 1. The number of hydrogen-bond donors (Lipinski definition) is 1. The maximum atomic E-state index is 12.5. The Kier molecular flexibility index (Phi) is 6.62. The lowest BCUT2D eigenvalue weighted by atomic mass is 10.1. The smallest absolute Gasteiger partial charge is 0.249 e. The lowest BCUT2D eigenvalue weighted by molar-refractivity contribution is -0.117. The highest BCUT2D eigenvalue weighted by Gasteiger charge is 2.22. The van der Waals surface area contributed by atoms with E-state index in [0.29, 0.717) is 5.13 Å². The van der Waals surface area contributed by atoms with Crippen molar-refractivity contribution < 1.29 is 18.7 Å². The van der Waals surface area contributed by atoms with Gasteiger partial charge in [0.05, 0.1) is 17.8 Å². The van der Waals surface area contributed by atoms with Crippen LogP contribution in [0.15, 0.2) is 52.9 Å². The molecule has 0 saturated heterocycles. The van der Waals surface area contributed by atoms with Gasteiger partial charge in [-0.15, -0.1) is 0 Å². The Bertz CT molecular complexity index is 1060. The second-order valence-electron chi connectivity index (χ2n) is 5.96. The van der Waals surface area contributed by atoms with E-state index in [4.69, 9.17) is 5.14 Å². The van der Waals surface area contributed by atoms with Gasteiger partial charge in [0.15, 0.2) is 9.34 Å². The standard InChI is InChI=1S/C18H18N4O3S2.H2O/c1-12-17(27(19,24)25)26-18(21-12)22(2)16(23)11-13-6-8-14(9-7-13)15-5-3-4-10-20-15;/h3-10H,11H2,1-2H3,(H2,19,24,25);1H2. The van der Waals surface area contributed by atoms with Crippen LogP contribution in [0, 0.1) is 6.92 Å². The first kappa shape index (κ1) is 21.6. The van der Waals surface area contributed by atoms with Crippen LogP contribution in [0.25, 0.3) is 11.3 Å². The summed E-state index contributed by atoms with van der Waals surface area (Å²) in [6.45, 7) is 1.55. The first-order valence-corrected chi connectivity index (χ1v) is 10.4. The van der Waals surface area contributed by atoms with Gasteiger partial charge in [0.1, 0.15) is 0 Å². The zero-order valence-corrected chi connectivity index (χ0v) is 16.9. The zero-order chi connectivity index (χ0) is 19.6. The summed E-state index contributed by atoms with van der Waals surface area (Å²) in [7, 11) is -2.28. The summed E-state index contributed by atoms with van der Waals surface area (Å²) in [5.41, 5.74) is 2.96.